The highest BCUT2D eigenvalue weighted by atomic mass is 35.5. The molecule has 19 heavy (non-hydrogen) atoms. The molecule has 0 radical (unpaired) electrons. The Kier molecular flexibility index (Phi) is 4.25. The van der Waals surface area contributed by atoms with E-state index in [-0.39, 0.29) is 0 Å². The van der Waals surface area contributed by atoms with Gasteiger partial charge in [-0.05, 0) is 43.0 Å². The van der Waals surface area contributed by atoms with Crippen molar-refractivity contribution in [2.45, 2.75) is 33.2 Å². The molecule has 0 amide bonds. The summed E-state index contributed by atoms with van der Waals surface area (Å²) in [5.41, 5.74) is 0.890. The third-order valence-corrected chi connectivity index (χ3v) is 3.53. The Bertz CT molecular complexity index is 568. The molecule has 0 bridgehead atoms. The molecule has 102 valence electrons. The van der Waals surface area contributed by atoms with Crippen LogP contribution < -0.4 is 4.90 Å². The van der Waals surface area contributed by atoms with Gasteiger partial charge in [-0.25, -0.2) is 4.98 Å². The maximum Gasteiger partial charge on any atom is 0.224 e. The van der Waals surface area contributed by atoms with Crippen LogP contribution in [-0.2, 0) is 0 Å². The van der Waals surface area contributed by atoms with Crippen LogP contribution in [0.5, 0.6) is 0 Å². The molecular weight excluding hydrogens is 258 g/mol. The fourth-order valence-electron chi connectivity index (χ4n) is 2.35. The second kappa shape index (κ2) is 5.74. The van der Waals surface area contributed by atoms with Crippen LogP contribution in [0.4, 0.5) is 5.82 Å². The van der Waals surface area contributed by atoms with Crippen molar-refractivity contribution < 1.29 is 0 Å². The fourth-order valence-corrected chi connectivity index (χ4v) is 2.52. The molecule has 0 spiro atoms. The number of hydrogen-bond acceptors (Lipinski definition) is 3. The number of halogens is 1. The lowest BCUT2D eigenvalue weighted by Crippen LogP contribution is -2.31. The summed E-state index contributed by atoms with van der Waals surface area (Å²) in [5.74, 6) is 1.56. The van der Waals surface area contributed by atoms with E-state index in [9.17, 15) is 0 Å². The van der Waals surface area contributed by atoms with Crippen LogP contribution in [-0.4, -0.2) is 23.1 Å². The van der Waals surface area contributed by atoms with Crippen molar-refractivity contribution in [3.05, 3.63) is 29.5 Å². The molecule has 0 saturated carbocycles. The first-order valence-corrected chi connectivity index (χ1v) is 7.02. The molecule has 3 nitrogen and oxygen atoms in total. The highest BCUT2D eigenvalue weighted by molar-refractivity contribution is 6.28. The lowest BCUT2D eigenvalue weighted by atomic mass is 10.0. The van der Waals surface area contributed by atoms with E-state index in [1.54, 1.807) is 0 Å². The molecule has 4 heteroatoms. The third-order valence-electron chi connectivity index (χ3n) is 3.36. The summed E-state index contributed by atoms with van der Waals surface area (Å²) < 4.78 is 0. The number of anilines is 1. The maximum absolute atomic E-state index is 6.03. The first-order chi connectivity index (χ1) is 8.99. The van der Waals surface area contributed by atoms with Crippen LogP contribution in [0.3, 0.4) is 0 Å². The van der Waals surface area contributed by atoms with Gasteiger partial charge in [0.25, 0.3) is 0 Å². The predicted molar refractivity (Wildman–Crippen MR) is 81.9 cm³/mol. The Balaban J connectivity index is 2.43. The van der Waals surface area contributed by atoms with E-state index in [1.165, 1.54) is 0 Å². The minimum absolute atomic E-state index is 0.303. The number of benzene rings is 1. The molecule has 1 aromatic heterocycles. The summed E-state index contributed by atoms with van der Waals surface area (Å²) in [6, 6.07) is 8.39. The molecule has 2 aromatic rings. The standard InChI is InChI=1S/C15H20ClN3/c1-10(2)9-11(3)19(4)14-12-7-5-6-8-13(12)17-15(16)18-14/h5-8,10-11H,9H2,1-4H3. The first kappa shape index (κ1) is 14.1. The Hall–Kier alpha value is -1.35. The number of aromatic nitrogens is 2. The molecule has 1 atom stereocenters. The van der Waals surface area contributed by atoms with Gasteiger partial charge in [-0.3, -0.25) is 0 Å². The number of para-hydroxylation sites is 1. The van der Waals surface area contributed by atoms with Crippen LogP contribution >= 0.6 is 11.6 Å². The zero-order valence-corrected chi connectivity index (χ0v) is 12.6. The van der Waals surface area contributed by atoms with Crippen LogP contribution in [0.15, 0.2) is 24.3 Å². The SMILES string of the molecule is CC(C)CC(C)N(C)c1nc(Cl)nc2ccccc12. The second-order valence-corrected chi connectivity index (χ2v) is 5.76. The van der Waals surface area contributed by atoms with Crippen molar-refractivity contribution in [3.63, 3.8) is 0 Å². The summed E-state index contributed by atoms with van der Waals surface area (Å²) in [4.78, 5) is 10.9. The number of fused-ring (bicyclic) bond motifs is 1. The second-order valence-electron chi connectivity index (χ2n) is 5.42. The Morgan fingerprint density at radius 1 is 1.16 bits per heavy atom. The minimum Gasteiger partial charge on any atom is -0.356 e. The molecular formula is C15H20ClN3. The average molecular weight is 278 g/mol. The molecule has 0 fully saturated rings. The zero-order chi connectivity index (χ0) is 14.0. The summed E-state index contributed by atoms with van der Waals surface area (Å²) >= 11 is 6.03. The lowest BCUT2D eigenvalue weighted by molar-refractivity contribution is 0.502. The van der Waals surface area contributed by atoms with E-state index in [0.717, 1.165) is 23.1 Å². The number of rotatable bonds is 4. The molecule has 0 saturated heterocycles. The number of nitrogens with zero attached hydrogens (tertiary/aromatic N) is 3. The van der Waals surface area contributed by atoms with Crippen molar-refractivity contribution >= 4 is 28.3 Å². The zero-order valence-electron chi connectivity index (χ0n) is 11.9. The summed E-state index contributed by atoms with van der Waals surface area (Å²) in [7, 11) is 2.07. The fraction of sp³-hybridized carbons (Fsp3) is 0.467. The molecule has 0 N–H and O–H groups in total. The Morgan fingerprint density at radius 2 is 1.84 bits per heavy atom. The Labute approximate surface area is 119 Å². The van der Waals surface area contributed by atoms with E-state index in [1.807, 2.05) is 24.3 Å². The highest BCUT2D eigenvalue weighted by Crippen LogP contribution is 2.26. The highest BCUT2D eigenvalue weighted by Gasteiger charge is 2.16. The van der Waals surface area contributed by atoms with Gasteiger partial charge in [0.1, 0.15) is 5.82 Å². The average Bonchev–Trinajstić information content (AvgIpc) is 2.36. The van der Waals surface area contributed by atoms with Crippen LogP contribution in [0.1, 0.15) is 27.2 Å². The first-order valence-electron chi connectivity index (χ1n) is 6.64. The largest absolute Gasteiger partial charge is 0.356 e. The Morgan fingerprint density at radius 3 is 2.53 bits per heavy atom. The van der Waals surface area contributed by atoms with Crippen molar-refractivity contribution in [2.75, 3.05) is 11.9 Å². The molecule has 1 unspecified atom stereocenters. The quantitative estimate of drug-likeness (QED) is 0.786. The van der Waals surface area contributed by atoms with Gasteiger partial charge >= 0.3 is 0 Å². The monoisotopic (exact) mass is 277 g/mol. The molecule has 0 aliphatic carbocycles. The van der Waals surface area contributed by atoms with Crippen LogP contribution in [0.2, 0.25) is 5.28 Å². The topological polar surface area (TPSA) is 29.0 Å². The van der Waals surface area contributed by atoms with Crippen molar-refractivity contribution in [3.8, 4) is 0 Å². The van der Waals surface area contributed by atoms with Gasteiger partial charge in [0.05, 0.1) is 5.52 Å². The van der Waals surface area contributed by atoms with E-state index in [0.29, 0.717) is 17.2 Å². The smallest absolute Gasteiger partial charge is 0.224 e. The van der Waals surface area contributed by atoms with Gasteiger partial charge in [-0.1, -0.05) is 26.0 Å². The maximum atomic E-state index is 6.03. The molecule has 0 aliphatic rings. The van der Waals surface area contributed by atoms with Crippen LogP contribution in [0, 0.1) is 5.92 Å². The van der Waals surface area contributed by atoms with Gasteiger partial charge < -0.3 is 4.90 Å². The molecule has 2 rings (SSSR count). The normalized spacial score (nSPS) is 12.9. The van der Waals surface area contributed by atoms with Gasteiger partial charge in [-0.15, -0.1) is 0 Å². The molecule has 0 aliphatic heterocycles. The van der Waals surface area contributed by atoms with Crippen molar-refractivity contribution in [1.29, 1.82) is 0 Å². The minimum atomic E-state index is 0.303. The van der Waals surface area contributed by atoms with Crippen LogP contribution in [0.25, 0.3) is 10.9 Å². The van der Waals surface area contributed by atoms with Crippen molar-refractivity contribution in [1.82, 2.24) is 9.97 Å². The lowest BCUT2D eigenvalue weighted by Gasteiger charge is -2.28. The van der Waals surface area contributed by atoms with Gasteiger partial charge in [-0.2, -0.15) is 4.98 Å². The van der Waals surface area contributed by atoms with Gasteiger partial charge in [0.2, 0.25) is 5.28 Å². The predicted octanol–water partition coefficient (Wildman–Crippen LogP) is 4.15. The van der Waals surface area contributed by atoms with Gasteiger partial charge in [0, 0.05) is 18.5 Å². The summed E-state index contributed by atoms with van der Waals surface area (Å²) in [6.07, 6.45) is 1.12. The third kappa shape index (κ3) is 3.16. The summed E-state index contributed by atoms with van der Waals surface area (Å²) in [6.45, 7) is 6.68. The summed E-state index contributed by atoms with van der Waals surface area (Å²) in [5, 5.41) is 1.35. The number of hydrogen-bond donors (Lipinski definition) is 0. The van der Waals surface area contributed by atoms with E-state index in [4.69, 9.17) is 11.6 Å². The van der Waals surface area contributed by atoms with E-state index in [2.05, 4.69) is 42.7 Å². The van der Waals surface area contributed by atoms with Crippen molar-refractivity contribution in [2.24, 2.45) is 5.92 Å². The van der Waals surface area contributed by atoms with E-state index >= 15 is 0 Å². The van der Waals surface area contributed by atoms with E-state index < -0.39 is 0 Å². The van der Waals surface area contributed by atoms with Gasteiger partial charge in [0.15, 0.2) is 0 Å². The molecule has 1 heterocycles. The molecule has 1 aromatic carbocycles.